The lowest BCUT2D eigenvalue weighted by Gasteiger charge is -2.27. The number of aryl methyl sites for hydroxylation is 1. The minimum atomic E-state index is -0.499. The summed E-state index contributed by atoms with van der Waals surface area (Å²) in [6, 6.07) is 12.7. The van der Waals surface area contributed by atoms with Crippen LogP contribution >= 0.6 is 0 Å². The van der Waals surface area contributed by atoms with Crippen LogP contribution < -0.4 is 25.1 Å². The molecule has 11 heteroatoms. The van der Waals surface area contributed by atoms with Crippen molar-refractivity contribution in [2.24, 2.45) is 5.10 Å². The fraction of sp³-hybridized carbons (Fsp3) is 0.308. The Hall–Kier alpha value is -4.25. The second kappa shape index (κ2) is 12.6. The lowest BCUT2D eigenvalue weighted by molar-refractivity contribution is -0.118. The molecule has 4 rings (SSSR count). The molecule has 0 aliphatic carbocycles. The Morgan fingerprint density at radius 3 is 2.70 bits per heavy atom. The molecule has 37 heavy (non-hydrogen) atoms. The third-order valence-corrected chi connectivity index (χ3v) is 5.38. The average molecular weight is 509 g/mol. The standard InChI is InChI=1S/C26H29FN6O4/c1-3-36-23-14-19(6-9-22(23)37-17-24(34)30-20-7-4-18(2)5-8-20)15-29-32-26-28-16-21(27)25(31-26)33-10-12-35-13-11-33/h4-9,14-16H,3,10-13,17H2,1-2H3,(H,30,34)(H,28,31,32)/b29-15-. The van der Waals surface area contributed by atoms with Crippen LogP contribution in [0.25, 0.3) is 0 Å². The van der Waals surface area contributed by atoms with Gasteiger partial charge in [-0.15, -0.1) is 0 Å². The molecule has 0 radical (unpaired) electrons. The summed E-state index contributed by atoms with van der Waals surface area (Å²) < 4.78 is 30.9. The first kappa shape index (κ1) is 25.8. The number of hydrogen-bond donors (Lipinski definition) is 2. The van der Waals surface area contributed by atoms with Crippen LogP contribution in [0.5, 0.6) is 11.5 Å². The van der Waals surface area contributed by atoms with Crippen molar-refractivity contribution in [3.8, 4) is 11.5 Å². The summed E-state index contributed by atoms with van der Waals surface area (Å²) in [5.74, 6) is 0.509. The summed E-state index contributed by atoms with van der Waals surface area (Å²) in [5.41, 5.74) is 5.25. The van der Waals surface area contributed by atoms with E-state index in [4.69, 9.17) is 14.2 Å². The number of nitrogens with zero attached hydrogens (tertiary/aromatic N) is 4. The van der Waals surface area contributed by atoms with Crippen molar-refractivity contribution in [2.75, 3.05) is 55.2 Å². The third-order valence-electron chi connectivity index (χ3n) is 5.38. The van der Waals surface area contributed by atoms with Crippen molar-refractivity contribution in [3.05, 3.63) is 65.6 Å². The molecule has 1 aliphatic heterocycles. The zero-order valence-electron chi connectivity index (χ0n) is 20.7. The van der Waals surface area contributed by atoms with Crippen LogP contribution in [0.2, 0.25) is 0 Å². The molecule has 194 valence electrons. The molecule has 1 fully saturated rings. The van der Waals surface area contributed by atoms with Crippen LogP contribution in [-0.2, 0) is 9.53 Å². The summed E-state index contributed by atoms with van der Waals surface area (Å²) in [6.07, 6.45) is 2.67. The maximum absolute atomic E-state index is 14.2. The summed E-state index contributed by atoms with van der Waals surface area (Å²) in [5, 5.41) is 6.95. The Balaban J connectivity index is 1.36. The molecule has 1 saturated heterocycles. The molecule has 2 heterocycles. The number of morpholine rings is 1. The van der Waals surface area contributed by atoms with E-state index in [-0.39, 0.29) is 24.3 Å². The lowest BCUT2D eigenvalue weighted by Crippen LogP contribution is -2.37. The second-order valence-corrected chi connectivity index (χ2v) is 8.18. The number of hydrogen-bond acceptors (Lipinski definition) is 9. The molecule has 0 bridgehead atoms. The molecule has 2 aromatic carbocycles. The predicted molar refractivity (Wildman–Crippen MR) is 139 cm³/mol. The normalized spacial score (nSPS) is 13.4. The van der Waals surface area contributed by atoms with Crippen molar-refractivity contribution in [1.82, 2.24) is 9.97 Å². The van der Waals surface area contributed by atoms with E-state index in [1.54, 1.807) is 24.4 Å². The number of benzene rings is 2. The Morgan fingerprint density at radius 2 is 1.95 bits per heavy atom. The number of ether oxygens (including phenoxy) is 3. The highest BCUT2D eigenvalue weighted by atomic mass is 19.1. The van der Waals surface area contributed by atoms with Gasteiger partial charge in [0.25, 0.3) is 5.91 Å². The van der Waals surface area contributed by atoms with Crippen molar-refractivity contribution < 1.29 is 23.4 Å². The molecule has 0 spiro atoms. The summed E-state index contributed by atoms with van der Waals surface area (Å²) in [6.45, 7) is 6.22. The van der Waals surface area contributed by atoms with Crippen molar-refractivity contribution in [3.63, 3.8) is 0 Å². The van der Waals surface area contributed by atoms with Crippen molar-refractivity contribution >= 4 is 29.6 Å². The second-order valence-electron chi connectivity index (χ2n) is 8.18. The fourth-order valence-electron chi connectivity index (χ4n) is 3.54. The summed E-state index contributed by atoms with van der Waals surface area (Å²) in [4.78, 5) is 22.3. The summed E-state index contributed by atoms with van der Waals surface area (Å²) >= 11 is 0. The number of carbonyl (C=O) groups is 1. The number of carbonyl (C=O) groups excluding carboxylic acids is 1. The fourth-order valence-corrected chi connectivity index (χ4v) is 3.54. The SMILES string of the molecule is CCOc1cc(/C=N\Nc2ncc(F)c(N3CCOCC3)n2)ccc1OCC(=O)Nc1ccc(C)cc1. The van der Waals surface area contributed by atoms with Gasteiger partial charge in [-0.05, 0) is 49.7 Å². The maximum atomic E-state index is 14.2. The first-order valence-corrected chi connectivity index (χ1v) is 11.9. The first-order valence-electron chi connectivity index (χ1n) is 11.9. The number of nitrogens with one attached hydrogen (secondary N) is 2. The molecule has 1 amide bonds. The van der Waals surface area contributed by atoms with Crippen LogP contribution in [0.3, 0.4) is 0 Å². The minimum absolute atomic E-state index is 0.170. The van der Waals surface area contributed by atoms with Gasteiger partial charge in [0.1, 0.15) is 0 Å². The molecular formula is C26H29FN6O4. The topological polar surface area (TPSA) is 110 Å². The highest BCUT2D eigenvalue weighted by Gasteiger charge is 2.17. The highest BCUT2D eigenvalue weighted by Crippen LogP contribution is 2.28. The molecule has 10 nitrogen and oxygen atoms in total. The zero-order chi connectivity index (χ0) is 26.0. The van der Waals surface area contributed by atoms with E-state index in [1.807, 2.05) is 43.0 Å². The van der Waals surface area contributed by atoms with Gasteiger partial charge in [-0.3, -0.25) is 4.79 Å². The minimum Gasteiger partial charge on any atom is -0.490 e. The molecule has 3 aromatic rings. The van der Waals surface area contributed by atoms with Crippen LogP contribution in [-0.4, -0.2) is 61.6 Å². The quantitative estimate of drug-likeness (QED) is 0.316. The maximum Gasteiger partial charge on any atom is 0.262 e. The molecule has 0 saturated carbocycles. The van der Waals surface area contributed by atoms with Crippen LogP contribution in [0.15, 0.2) is 53.8 Å². The monoisotopic (exact) mass is 508 g/mol. The van der Waals surface area contributed by atoms with Gasteiger partial charge in [0.2, 0.25) is 5.95 Å². The van der Waals surface area contributed by atoms with Gasteiger partial charge >= 0.3 is 0 Å². The zero-order valence-corrected chi connectivity index (χ0v) is 20.7. The largest absolute Gasteiger partial charge is 0.490 e. The van der Waals surface area contributed by atoms with E-state index in [1.165, 1.54) is 0 Å². The van der Waals surface area contributed by atoms with Crippen LogP contribution in [0, 0.1) is 12.7 Å². The predicted octanol–water partition coefficient (Wildman–Crippen LogP) is 3.62. The van der Waals surface area contributed by atoms with Gasteiger partial charge in [0, 0.05) is 18.8 Å². The van der Waals surface area contributed by atoms with Gasteiger partial charge in [0.15, 0.2) is 29.7 Å². The Labute approximate surface area is 214 Å². The van der Waals surface area contributed by atoms with Crippen molar-refractivity contribution in [2.45, 2.75) is 13.8 Å². The Kier molecular flexibility index (Phi) is 8.82. The number of anilines is 3. The molecule has 0 atom stereocenters. The van der Waals surface area contributed by atoms with E-state index in [2.05, 4.69) is 25.8 Å². The molecule has 1 aliphatic rings. The lowest BCUT2D eigenvalue weighted by atomic mass is 10.2. The Morgan fingerprint density at radius 1 is 1.16 bits per heavy atom. The molecular weight excluding hydrogens is 479 g/mol. The Bertz CT molecular complexity index is 1230. The molecule has 0 unspecified atom stereocenters. The first-order chi connectivity index (χ1) is 18.0. The number of amides is 1. The number of rotatable bonds is 10. The van der Waals surface area contributed by atoms with Gasteiger partial charge in [-0.1, -0.05) is 17.7 Å². The smallest absolute Gasteiger partial charge is 0.262 e. The van der Waals surface area contributed by atoms with E-state index >= 15 is 0 Å². The van der Waals surface area contributed by atoms with E-state index in [0.717, 1.165) is 11.8 Å². The highest BCUT2D eigenvalue weighted by molar-refractivity contribution is 5.92. The van der Waals surface area contributed by atoms with E-state index in [9.17, 15) is 9.18 Å². The summed E-state index contributed by atoms with van der Waals surface area (Å²) in [7, 11) is 0. The number of aromatic nitrogens is 2. The number of hydrazone groups is 1. The van der Waals surface area contributed by atoms with Gasteiger partial charge < -0.3 is 24.4 Å². The van der Waals surface area contributed by atoms with Crippen LogP contribution in [0.4, 0.5) is 21.8 Å². The van der Waals surface area contributed by atoms with Gasteiger partial charge in [-0.2, -0.15) is 10.1 Å². The molecule has 2 N–H and O–H groups in total. The van der Waals surface area contributed by atoms with Gasteiger partial charge in [0.05, 0.1) is 32.2 Å². The third kappa shape index (κ3) is 7.37. The van der Waals surface area contributed by atoms with Crippen molar-refractivity contribution in [1.29, 1.82) is 0 Å². The molecule has 1 aromatic heterocycles. The average Bonchev–Trinajstić information content (AvgIpc) is 2.91. The van der Waals surface area contributed by atoms with Crippen LogP contribution in [0.1, 0.15) is 18.1 Å². The van der Waals surface area contributed by atoms with E-state index < -0.39 is 5.82 Å². The van der Waals surface area contributed by atoms with Gasteiger partial charge in [-0.25, -0.2) is 14.8 Å². The number of halogens is 1. The van der Waals surface area contributed by atoms with E-state index in [0.29, 0.717) is 55.7 Å².